The number of hydrogen-bond acceptors (Lipinski definition) is 6. The van der Waals surface area contributed by atoms with Crippen LogP contribution in [0.25, 0.3) is 0 Å². The van der Waals surface area contributed by atoms with Crippen molar-refractivity contribution < 1.29 is 27.5 Å². The number of hydrogen-bond donors (Lipinski definition) is 0. The van der Waals surface area contributed by atoms with Crippen molar-refractivity contribution in [2.75, 3.05) is 26.2 Å². The average molecular weight is 463 g/mol. The van der Waals surface area contributed by atoms with Crippen molar-refractivity contribution in [2.45, 2.75) is 17.7 Å². The van der Waals surface area contributed by atoms with Crippen molar-refractivity contribution in [3.8, 4) is 0 Å². The smallest absolute Gasteiger partial charge is 0.339 e. The van der Waals surface area contributed by atoms with Crippen LogP contribution in [0.5, 0.6) is 0 Å². The minimum Gasteiger partial charge on any atom is -0.460 e. The Morgan fingerprint density at radius 2 is 1.61 bits per heavy atom. The number of amides is 2. The Hall–Kier alpha value is -2.75. The molecule has 0 atom stereocenters. The average Bonchev–Trinajstić information content (AvgIpc) is 3.38. The van der Waals surface area contributed by atoms with Crippen LogP contribution >= 0.6 is 11.6 Å². The second-order valence-electron chi connectivity index (χ2n) is 7.20. The molecule has 0 aliphatic carbocycles. The van der Waals surface area contributed by atoms with E-state index >= 15 is 0 Å². The van der Waals surface area contributed by atoms with Crippen molar-refractivity contribution in [3.05, 3.63) is 64.2 Å². The molecule has 2 aromatic carbocycles. The van der Waals surface area contributed by atoms with E-state index in [1.54, 1.807) is 24.3 Å². The van der Waals surface area contributed by atoms with E-state index in [0.717, 1.165) is 17.7 Å². The molecule has 2 heterocycles. The SMILES string of the molecule is O=C(OCCN1C(=O)c2ccccc2C1=O)c1cc(S(=O)(=O)N2CCCC2)ccc1Cl. The van der Waals surface area contributed by atoms with Crippen LogP contribution in [0, 0.1) is 0 Å². The molecule has 2 amide bonds. The highest BCUT2D eigenvalue weighted by atomic mass is 35.5. The molecule has 162 valence electrons. The molecule has 2 aliphatic rings. The van der Waals surface area contributed by atoms with Crippen molar-refractivity contribution in [1.29, 1.82) is 0 Å². The van der Waals surface area contributed by atoms with E-state index in [2.05, 4.69) is 0 Å². The van der Waals surface area contributed by atoms with Gasteiger partial charge in [-0.05, 0) is 43.2 Å². The van der Waals surface area contributed by atoms with Crippen LogP contribution in [0.1, 0.15) is 43.9 Å². The van der Waals surface area contributed by atoms with Crippen LogP contribution in [0.3, 0.4) is 0 Å². The first-order valence-corrected chi connectivity index (χ1v) is 11.5. The second-order valence-corrected chi connectivity index (χ2v) is 9.54. The molecule has 0 saturated carbocycles. The van der Waals surface area contributed by atoms with Crippen molar-refractivity contribution in [3.63, 3.8) is 0 Å². The Morgan fingerprint density at radius 1 is 1.00 bits per heavy atom. The van der Waals surface area contributed by atoms with Gasteiger partial charge in [-0.15, -0.1) is 0 Å². The maximum Gasteiger partial charge on any atom is 0.339 e. The maximum absolute atomic E-state index is 12.7. The second kappa shape index (κ2) is 8.41. The minimum atomic E-state index is -3.72. The van der Waals surface area contributed by atoms with E-state index in [1.165, 1.54) is 22.5 Å². The van der Waals surface area contributed by atoms with E-state index in [0.29, 0.717) is 24.2 Å². The normalized spacial score (nSPS) is 16.6. The summed E-state index contributed by atoms with van der Waals surface area (Å²) in [5, 5.41) is 0.0473. The number of carbonyl (C=O) groups is 3. The Kier molecular flexibility index (Phi) is 5.83. The molecule has 4 rings (SSSR count). The van der Waals surface area contributed by atoms with Gasteiger partial charge in [-0.3, -0.25) is 14.5 Å². The number of esters is 1. The number of ether oxygens (including phenoxy) is 1. The molecule has 31 heavy (non-hydrogen) atoms. The van der Waals surface area contributed by atoms with Gasteiger partial charge in [-0.25, -0.2) is 13.2 Å². The van der Waals surface area contributed by atoms with Crippen LogP contribution in [-0.4, -0.2) is 61.6 Å². The molecular formula is C21H19ClN2O6S. The molecule has 8 nitrogen and oxygen atoms in total. The highest BCUT2D eigenvalue weighted by Crippen LogP contribution is 2.26. The van der Waals surface area contributed by atoms with Gasteiger partial charge < -0.3 is 4.74 Å². The predicted molar refractivity (Wildman–Crippen MR) is 112 cm³/mol. The number of rotatable bonds is 6. The lowest BCUT2D eigenvalue weighted by molar-refractivity contribution is 0.0420. The lowest BCUT2D eigenvalue weighted by Crippen LogP contribution is -2.33. The van der Waals surface area contributed by atoms with Gasteiger partial charge in [0.2, 0.25) is 10.0 Å². The fourth-order valence-electron chi connectivity index (χ4n) is 3.65. The number of benzene rings is 2. The monoisotopic (exact) mass is 462 g/mol. The standard InChI is InChI=1S/C21H19ClN2O6S/c22-18-8-7-14(31(28,29)23-9-3-4-10-23)13-17(18)21(27)30-12-11-24-19(25)15-5-1-2-6-16(15)20(24)26/h1-2,5-8,13H,3-4,9-12H2. The number of fused-ring (bicyclic) bond motifs is 1. The number of sulfonamides is 1. The van der Waals surface area contributed by atoms with Gasteiger partial charge in [0.25, 0.3) is 11.8 Å². The summed E-state index contributed by atoms with van der Waals surface area (Å²) in [6, 6.07) is 10.3. The van der Waals surface area contributed by atoms with Gasteiger partial charge >= 0.3 is 5.97 Å². The summed E-state index contributed by atoms with van der Waals surface area (Å²) < 4.78 is 32.0. The van der Waals surface area contributed by atoms with E-state index in [4.69, 9.17) is 16.3 Å². The lowest BCUT2D eigenvalue weighted by Gasteiger charge is -2.17. The van der Waals surface area contributed by atoms with E-state index < -0.39 is 27.8 Å². The summed E-state index contributed by atoms with van der Waals surface area (Å²) in [6.45, 7) is 0.501. The summed E-state index contributed by atoms with van der Waals surface area (Å²) in [7, 11) is -3.72. The summed E-state index contributed by atoms with van der Waals surface area (Å²) in [6.07, 6.45) is 1.58. The van der Waals surface area contributed by atoms with Gasteiger partial charge in [-0.2, -0.15) is 4.31 Å². The van der Waals surface area contributed by atoms with Crippen LogP contribution in [-0.2, 0) is 14.8 Å². The highest BCUT2D eigenvalue weighted by molar-refractivity contribution is 7.89. The fourth-order valence-corrected chi connectivity index (χ4v) is 5.39. The predicted octanol–water partition coefficient (Wildman–Crippen LogP) is 2.58. The fraction of sp³-hybridized carbons (Fsp3) is 0.286. The molecule has 0 spiro atoms. The summed E-state index contributed by atoms with van der Waals surface area (Å²) in [4.78, 5) is 38.2. The van der Waals surface area contributed by atoms with Gasteiger partial charge in [0, 0.05) is 13.1 Å². The summed E-state index contributed by atoms with van der Waals surface area (Å²) >= 11 is 6.09. The molecule has 10 heteroatoms. The Balaban J connectivity index is 1.44. The first-order chi connectivity index (χ1) is 14.8. The Morgan fingerprint density at radius 3 is 2.23 bits per heavy atom. The third-order valence-electron chi connectivity index (χ3n) is 5.29. The van der Waals surface area contributed by atoms with Crippen molar-refractivity contribution in [1.82, 2.24) is 9.21 Å². The summed E-state index contributed by atoms with van der Waals surface area (Å²) in [5.74, 6) is -1.73. The Labute approximate surface area is 184 Å². The number of halogens is 1. The third-order valence-corrected chi connectivity index (χ3v) is 7.51. The molecule has 0 unspecified atom stereocenters. The Bertz CT molecular complexity index is 1140. The molecule has 0 bridgehead atoms. The van der Waals surface area contributed by atoms with Gasteiger partial charge in [0.1, 0.15) is 6.61 Å². The minimum absolute atomic E-state index is 0.0360. The topological polar surface area (TPSA) is 101 Å². The lowest BCUT2D eigenvalue weighted by atomic mass is 10.1. The van der Waals surface area contributed by atoms with Crippen LogP contribution in [0.2, 0.25) is 5.02 Å². The first-order valence-electron chi connectivity index (χ1n) is 9.73. The number of carbonyl (C=O) groups excluding carboxylic acids is 3. The molecule has 2 aliphatic heterocycles. The molecule has 0 N–H and O–H groups in total. The van der Waals surface area contributed by atoms with Crippen LogP contribution in [0.4, 0.5) is 0 Å². The van der Waals surface area contributed by atoms with Crippen LogP contribution < -0.4 is 0 Å². The molecule has 1 fully saturated rings. The number of imide groups is 1. The maximum atomic E-state index is 12.7. The quantitative estimate of drug-likeness (QED) is 0.483. The third kappa shape index (κ3) is 3.96. The molecule has 2 aromatic rings. The highest BCUT2D eigenvalue weighted by Gasteiger charge is 2.35. The van der Waals surface area contributed by atoms with E-state index in [-0.39, 0.29) is 28.6 Å². The van der Waals surface area contributed by atoms with E-state index in [1.807, 2.05) is 0 Å². The molecule has 0 radical (unpaired) electrons. The van der Waals surface area contributed by atoms with E-state index in [9.17, 15) is 22.8 Å². The first kappa shape index (κ1) is 21.5. The van der Waals surface area contributed by atoms with Gasteiger partial charge in [-0.1, -0.05) is 23.7 Å². The molecule has 1 saturated heterocycles. The zero-order chi connectivity index (χ0) is 22.2. The summed E-state index contributed by atoms with van der Waals surface area (Å²) in [5.41, 5.74) is 0.521. The molecular weight excluding hydrogens is 444 g/mol. The van der Waals surface area contributed by atoms with Crippen molar-refractivity contribution in [2.24, 2.45) is 0 Å². The molecule has 0 aromatic heterocycles. The van der Waals surface area contributed by atoms with Crippen LogP contribution in [0.15, 0.2) is 47.4 Å². The number of nitrogens with zero attached hydrogens (tertiary/aromatic N) is 2. The zero-order valence-electron chi connectivity index (χ0n) is 16.4. The van der Waals surface area contributed by atoms with Gasteiger partial charge in [0.05, 0.1) is 33.2 Å². The van der Waals surface area contributed by atoms with Gasteiger partial charge in [0.15, 0.2) is 0 Å². The zero-order valence-corrected chi connectivity index (χ0v) is 18.0. The van der Waals surface area contributed by atoms with Crippen molar-refractivity contribution >= 4 is 39.4 Å². The largest absolute Gasteiger partial charge is 0.460 e.